The zero-order valence-electron chi connectivity index (χ0n) is 12.2. The molecule has 0 saturated carbocycles. The summed E-state index contributed by atoms with van der Waals surface area (Å²) in [6.45, 7) is 9.26. The van der Waals surface area contributed by atoms with Crippen LogP contribution in [0.1, 0.15) is 47.5 Å². The third-order valence-electron chi connectivity index (χ3n) is 2.86. The topological polar surface area (TPSA) is 76.1 Å². The fraction of sp³-hybridized carbons (Fsp3) is 0.846. The highest BCUT2D eigenvalue weighted by Gasteiger charge is 2.45. The molecule has 19 heavy (non-hydrogen) atoms. The summed E-state index contributed by atoms with van der Waals surface area (Å²) >= 11 is 0. The van der Waals surface area contributed by atoms with Gasteiger partial charge in [-0.3, -0.25) is 9.69 Å². The van der Waals surface area contributed by atoms with Crippen LogP contribution in [0, 0.1) is 0 Å². The van der Waals surface area contributed by atoms with E-state index in [9.17, 15) is 9.59 Å². The molecule has 1 fully saturated rings. The summed E-state index contributed by atoms with van der Waals surface area (Å²) < 4.78 is 10.9. The van der Waals surface area contributed by atoms with Crippen molar-refractivity contribution >= 4 is 12.1 Å². The first-order valence-corrected chi connectivity index (χ1v) is 6.41. The average Bonchev–Trinajstić information content (AvgIpc) is 2.47. The van der Waals surface area contributed by atoms with Crippen molar-refractivity contribution in [3.05, 3.63) is 0 Å². The largest absolute Gasteiger partial charge is 0.481 e. The molecular weight excluding hydrogens is 250 g/mol. The molecule has 0 bridgehead atoms. The van der Waals surface area contributed by atoms with Crippen LogP contribution in [0.4, 0.5) is 4.79 Å². The van der Waals surface area contributed by atoms with E-state index in [1.54, 1.807) is 34.6 Å². The minimum absolute atomic E-state index is 0.00338. The lowest BCUT2D eigenvalue weighted by Crippen LogP contribution is -2.49. The molecule has 110 valence electrons. The summed E-state index contributed by atoms with van der Waals surface area (Å²) in [6, 6.07) is -0.263. The number of carboxylic acid groups (broad SMARTS) is 1. The lowest BCUT2D eigenvalue weighted by Gasteiger charge is -2.35. The van der Waals surface area contributed by atoms with Gasteiger partial charge in [0.15, 0.2) is 0 Å². The van der Waals surface area contributed by atoms with Crippen LogP contribution in [-0.2, 0) is 14.3 Å². The van der Waals surface area contributed by atoms with Gasteiger partial charge in [0.1, 0.15) is 11.3 Å². The summed E-state index contributed by atoms with van der Waals surface area (Å²) in [6.07, 6.45) is -0.105. The van der Waals surface area contributed by atoms with Crippen molar-refractivity contribution in [1.29, 1.82) is 0 Å². The maximum absolute atomic E-state index is 12.2. The van der Waals surface area contributed by atoms with Crippen molar-refractivity contribution in [2.75, 3.05) is 6.61 Å². The second-order valence-corrected chi connectivity index (χ2v) is 6.19. The summed E-state index contributed by atoms with van der Waals surface area (Å²) in [5.41, 5.74) is -1.36. The number of hydrogen-bond acceptors (Lipinski definition) is 4. The Kier molecular flexibility index (Phi) is 4.45. The van der Waals surface area contributed by atoms with E-state index in [4.69, 9.17) is 14.6 Å². The van der Waals surface area contributed by atoms with Crippen LogP contribution < -0.4 is 0 Å². The fourth-order valence-corrected chi connectivity index (χ4v) is 2.07. The van der Waals surface area contributed by atoms with Gasteiger partial charge in [-0.1, -0.05) is 0 Å². The van der Waals surface area contributed by atoms with Crippen molar-refractivity contribution in [3.8, 4) is 0 Å². The van der Waals surface area contributed by atoms with E-state index in [0.29, 0.717) is 13.0 Å². The molecule has 1 N–H and O–H groups in total. The fourth-order valence-electron chi connectivity index (χ4n) is 2.07. The number of amides is 1. The minimum Gasteiger partial charge on any atom is -0.481 e. The van der Waals surface area contributed by atoms with E-state index in [0.717, 1.165) is 0 Å². The molecule has 1 rings (SSSR count). The van der Waals surface area contributed by atoms with Gasteiger partial charge in [-0.25, -0.2) is 4.79 Å². The Morgan fingerprint density at radius 2 is 2.00 bits per heavy atom. The Morgan fingerprint density at radius 1 is 1.42 bits per heavy atom. The van der Waals surface area contributed by atoms with E-state index in [1.807, 2.05) is 0 Å². The highest BCUT2D eigenvalue weighted by Crippen LogP contribution is 2.31. The van der Waals surface area contributed by atoms with Gasteiger partial charge in [0.05, 0.1) is 12.6 Å². The molecule has 0 aliphatic carbocycles. The molecule has 0 aromatic rings. The number of aliphatic carboxylic acids is 1. The van der Waals surface area contributed by atoms with Gasteiger partial charge in [-0.05, 0) is 41.0 Å². The summed E-state index contributed by atoms with van der Waals surface area (Å²) in [5, 5.41) is 8.74. The molecule has 0 spiro atoms. The third kappa shape index (κ3) is 4.38. The van der Waals surface area contributed by atoms with Crippen molar-refractivity contribution in [1.82, 2.24) is 4.90 Å². The molecule has 1 aliphatic heterocycles. The summed E-state index contributed by atoms with van der Waals surface area (Å²) in [4.78, 5) is 24.4. The molecular formula is C13H23NO5. The predicted octanol–water partition coefficient (Wildman–Crippen LogP) is 2.22. The first-order chi connectivity index (χ1) is 8.53. The molecule has 1 aliphatic rings. The average molecular weight is 273 g/mol. The second-order valence-electron chi connectivity index (χ2n) is 6.19. The van der Waals surface area contributed by atoms with Gasteiger partial charge >= 0.3 is 12.1 Å². The van der Waals surface area contributed by atoms with Gasteiger partial charge in [0, 0.05) is 6.42 Å². The molecule has 0 aromatic carbocycles. The normalized spacial score (nSPS) is 22.4. The number of ether oxygens (including phenoxy) is 2. The molecule has 0 radical (unpaired) electrons. The minimum atomic E-state index is -0.881. The Labute approximate surface area is 113 Å². The molecule has 1 saturated heterocycles. The van der Waals surface area contributed by atoms with Crippen LogP contribution in [0.15, 0.2) is 0 Å². The molecule has 0 unspecified atom stereocenters. The second kappa shape index (κ2) is 5.36. The number of hydrogen-bond donors (Lipinski definition) is 1. The van der Waals surface area contributed by atoms with Crippen LogP contribution in [-0.4, -0.2) is 46.0 Å². The van der Waals surface area contributed by atoms with Crippen molar-refractivity contribution in [2.24, 2.45) is 0 Å². The summed E-state index contributed by atoms with van der Waals surface area (Å²) in [7, 11) is 0. The molecule has 1 amide bonds. The molecule has 6 nitrogen and oxygen atoms in total. The monoisotopic (exact) mass is 273 g/mol. The quantitative estimate of drug-likeness (QED) is 0.853. The molecule has 1 atom stereocenters. The number of rotatable bonds is 3. The maximum atomic E-state index is 12.2. The third-order valence-corrected chi connectivity index (χ3v) is 2.86. The summed E-state index contributed by atoms with van der Waals surface area (Å²) in [5.74, 6) is -0.881. The van der Waals surface area contributed by atoms with Crippen LogP contribution in [0.2, 0.25) is 0 Å². The molecule has 0 aromatic heterocycles. The molecule has 1 heterocycles. The van der Waals surface area contributed by atoms with Gasteiger partial charge in [-0.2, -0.15) is 0 Å². The zero-order valence-corrected chi connectivity index (χ0v) is 12.2. The van der Waals surface area contributed by atoms with Crippen LogP contribution >= 0.6 is 0 Å². The smallest absolute Gasteiger partial charge is 0.412 e. The van der Waals surface area contributed by atoms with E-state index in [2.05, 4.69) is 0 Å². The molecule has 6 heteroatoms. The zero-order chi connectivity index (χ0) is 14.8. The first kappa shape index (κ1) is 15.8. The first-order valence-electron chi connectivity index (χ1n) is 6.41. The van der Waals surface area contributed by atoms with Crippen LogP contribution in [0.25, 0.3) is 0 Å². The predicted molar refractivity (Wildman–Crippen MR) is 68.8 cm³/mol. The lowest BCUT2D eigenvalue weighted by molar-refractivity contribution is -0.137. The Balaban J connectivity index is 2.78. The number of carboxylic acids is 1. The SMILES string of the molecule is CC(C)(C)OC(=O)N1[C@H](CCC(=O)O)COC1(C)C. The van der Waals surface area contributed by atoms with E-state index in [1.165, 1.54) is 4.90 Å². The Hall–Kier alpha value is -1.30. The van der Waals surface area contributed by atoms with Crippen LogP contribution in [0.3, 0.4) is 0 Å². The van der Waals surface area contributed by atoms with E-state index >= 15 is 0 Å². The van der Waals surface area contributed by atoms with Gasteiger partial charge < -0.3 is 14.6 Å². The standard InChI is InChI=1S/C13H23NO5/c1-12(2,3)19-11(17)14-9(6-7-10(15)16)8-18-13(14,4)5/h9H,6-8H2,1-5H3,(H,15,16)/t9-/m1/s1. The highest BCUT2D eigenvalue weighted by atomic mass is 16.6. The van der Waals surface area contributed by atoms with Gasteiger partial charge in [-0.15, -0.1) is 0 Å². The lowest BCUT2D eigenvalue weighted by atomic mass is 10.1. The van der Waals surface area contributed by atoms with Gasteiger partial charge in [0.2, 0.25) is 0 Å². The number of nitrogens with zero attached hydrogens (tertiary/aromatic N) is 1. The number of carbonyl (C=O) groups excluding carboxylic acids is 1. The Morgan fingerprint density at radius 3 is 2.47 bits per heavy atom. The number of carbonyl (C=O) groups is 2. The van der Waals surface area contributed by atoms with Crippen molar-refractivity contribution in [3.63, 3.8) is 0 Å². The van der Waals surface area contributed by atoms with E-state index < -0.39 is 23.4 Å². The van der Waals surface area contributed by atoms with Crippen LogP contribution in [0.5, 0.6) is 0 Å². The van der Waals surface area contributed by atoms with Crippen molar-refractivity contribution < 1.29 is 24.2 Å². The maximum Gasteiger partial charge on any atom is 0.412 e. The van der Waals surface area contributed by atoms with E-state index in [-0.39, 0.29) is 12.5 Å². The highest BCUT2D eigenvalue weighted by molar-refractivity contribution is 5.70. The van der Waals surface area contributed by atoms with Gasteiger partial charge in [0.25, 0.3) is 0 Å². The van der Waals surface area contributed by atoms with Crippen molar-refractivity contribution in [2.45, 2.75) is 64.8 Å². The Bertz CT molecular complexity index is 359.